The fourth-order valence-electron chi connectivity index (χ4n) is 10.0. The van der Waals surface area contributed by atoms with E-state index in [0.717, 1.165) is 50.5 Å². The minimum atomic E-state index is -1.91. The number of ether oxygens (including phenoxy) is 2. The number of nitrogen functional groups attached to an aromatic ring is 1. The van der Waals surface area contributed by atoms with Gasteiger partial charge in [-0.2, -0.15) is 0 Å². The second kappa shape index (κ2) is 19.4. The van der Waals surface area contributed by atoms with Crippen molar-refractivity contribution in [2.75, 3.05) is 46.1 Å². The molecule has 4 heterocycles. The highest BCUT2D eigenvalue weighted by Crippen LogP contribution is 2.41. The summed E-state index contributed by atoms with van der Waals surface area (Å²) in [5.74, 6) is -3.14. The van der Waals surface area contributed by atoms with E-state index >= 15 is 0 Å². The number of carbonyl (C=O) groups is 5. The van der Waals surface area contributed by atoms with Gasteiger partial charge in [0.05, 0.1) is 25.5 Å². The number of esters is 1. The Morgan fingerprint density at radius 2 is 1.85 bits per heavy atom. The molecule has 4 amide bonds. The Labute approximate surface area is 387 Å². The number of β-amino-alcohol motifs (C(OH)–C–C–N with tert-alkyl or cyclic N) is 1. The van der Waals surface area contributed by atoms with E-state index in [1.54, 1.807) is 27.0 Å². The van der Waals surface area contributed by atoms with Crippen LogP contribution in [0.1, 0.15) is 70.6 Å². The first-order valence-corrected chi connectivity index (χ1v) is 23.0. The lowest BCUT2D eigenvalue weighted by atomic mass is 9.84. The van der Waals surface area contributed by atoms with Crippen molar-refractivity contribution in [2.45, 2.75) is 104 Å². The molecule has 0 saturated carbocycles. The lowest BCUT2D eigenvalue weighted by molar-refractivity contribution is -0.156. The van der Waals surface area contributed by atoms with E-state index in [1.807, 2.05) is 24.3 Å². The molecule has 3 aliphatic heterocycles. The van der Waals surface area contributed by atoms with E-state index in [0.29, 0.717) is 43.7 Å². The third-order valence-corrected chi connectivity index (χ3v) is 13.2. The molecular formula is C51H65N7O8. The third kappa shape index (κ3) is 9.74. The largest absolute Gasteiger partial charge is 0.464 e. The van der Waals surface area contributed by atoms with E-state index in [4.69, 9.17) is 15.2 Å². The van der Waals surface area contributed by atoms with Crippen molar-refractivity contribution in [3.8, 4) is 22.4 Å². The van der Waals surface area contributed by atoms with Crippen molar-refractivity contribution in [3.05, 3.63) is 90.0 Å². The first-order chi connectivity index (χ1) is 31.4. The number of nitrogens with two attached hydrogens (primary N) is 1. The number of hydrogen-bond donors (Lipinski definition) is 4. The van der Waals surface area contributed by atoms with E-state index in [9.17, 15) is 29.1 Å². The average Bonchev–Trinajstić information content (AvgIpc) is 3.84. The summed E-state index contributed by atoms with van der Waals surface area (Å²) in [6, 6.07) is 17.2. The number of nitrogens with zero attached hydrogens (tertiary/aromatic N) is 4. The molecular weight excluding hydrogens is 839 g/mol. The van der Waals surface area contributed by atoms with Gasteiger partial charge in [-0.05, 0) is 90.3 Å². The summed E-state index contributed by atoms with van der Waals surface area (Å²) in [7, 11) is 3.14. The number of methoxy groups -OCH3 is 1. The van der Waals surface area contributed by atoms with Crippen LogP contribution in [-0.4, -0.2) is 118 Å². The van der Waals surface area contributed by atoms with Crippen LogP contribution in [0, 0.1) is 11.3 Å². The molecule has 2 fully saturated rings. The van der Waals surface area contributed by atoms with Gasteiger partial charge in [0.1, 0.15) is 18.1 Å². The number of rotatable bonds is 10. The molecule has 0 spiro atoms. The fraction of sp³-hybridized carbons (Fsp3) is 0.471. The molecule has 0 unspecified atom stereocenters. The molecule has 15 heteroatoms. The van der Waals surface area contributed by atoms with Gasteiger partial charge in [-0.1, -0.05) is 70.7 Å². The van der Waals surface area contributed by atoms with Crippen molar-refractivity contribution in [2.24, 2.45) is 11.3 Å². The molecule has 15 nitrogen and oxygen atoms in total. The minimum Gasteiger partial charge on any atom is -0.464 e. The van der Waals surface area contributed by atoms with Crippen molar-refractivity contribution < 1.29 is 38.6 Å². The zero-order chi connectivity index (χ0) is 47.7. The quantitative estimate of drug-likeness (QED) is 0.0958. The lowest BCUT2D eigenvalue weighted by Gasteiger charge is -2.37. The van der Waals surface area contributed by atoms with E-state index < -0.39 is 64.7 Å². The van der Waals surface area contributed by atoms with Crippen LogP contribution in [0.15, 0.2) is 73.3 Å². The molecule has 0 aliphatic carbocycles. The van der Waals surface area contributed by atoms with E-state index in [2.05, 4.69) is 73.0 Å². The highest BCUT2D eigenvalue weighted by Gasteiger charge is 2.48. The topological polar surface area (TPSA) is 189 Å². The zero-order valence-electron chi connectivity index (χ0n) is 39.3. The lowest BCUT2D eigenvalue weighted by Crippen LogP contribution is -2.63. The summed E-state index contributed by atoms with van der Waals surface area (Å²) in [6.07, 6.45) is 2.67. The predicted octanol–water partition coefficient (Wildman–Crippen LogP) is 5.00. The summed E-state index contributed by atoms with van der Waals surface area (Å²) < 4.78 is 14.1. The second-order valence-electron chi connectivity index (χ2n) is 19.2. The highest BCUT2D eigenvalue weighted by atomic mass is 16.5. The van der Waals surface area contributed by atoms with Crippen LogP contribution in [0.5, 0.6) is 0 Å². The number of likely N-dealkylation sites (N-methyl/N-ethyl adjacent to an activating group) is 1. The molecule has 5 N–H and O–H groups in total. The van der Waals surface area contributed by atoms with Crippen LogP contribution in [0.4, 0.5) is 5.69 Å². The number of nitrogens with one attached hydrogen (secondary N) is 2. The Morgan fingerprint density at radius 1 is 1.09 bits per heavy atom. The van der Waals surface area contributed by atoms with Crippen LogP contribution in [0.2, 0.25) is 0 Å². The fourth-order valence-corrected chi connectivity index (χ4v) is 10.0. The van der Waals surface area contributed by atoms with Crippen LogP contribution >= 0.6 is 0 Å². The number of likely N-dealkylation sites (tertiary alicyclic amines) is 1. The number of aryl methyl sites for hydroxylation is 1. The first kappa shape index (κ1) is 47.9. The third-order valence-electron chi connectivity index (χ3n) is 13.2. The standard InChI is InChI=1S/C51H65N7O8/c1-9-43(59)56-21-19-51(64,29-56)49(63)55(7)44(31(3)4)46(60)53-41-24-32-22-35(25-36(52)23-32)33-17-18-42-38(26-33)39(45(57(42)10-2)37-15-12-11-14-34(37)28-65-8)27-50(5,6)30-66-48(62)40-16-13-20-58(54-40)47(41)61/h9,11-12,14-15,17-18,22-23,25-26,31,40-41,44,54,64H,1,10,13,16,19-21,24,27-30,52H2,2-8H3,(H,53,60)/t40-,41-,44-,51+/m0/s1. The van der Waals surface area contributed by atoms with Gasteiger partial charge >= 0.3 is 5.97 Å². The number of hydrazine groups is 1. The molecule has 4 aromatic rings. The normalized spacial score (nSPS) is 21.6. The molecule has 3 aromatic carbocycles. The molecule has 7 rings (SSSR count). The van der Waals surface area contributed by atoms with E-state index in [1.165, 1.54) is 21.9 Å². The Hall–Kier alpha value is -6.03. The second-order valence-corrected chi connectivity index (χ2v) is 19.2. The van der Waals surface area contributed by atoms with Crippen LogP contribution in [-0.2, 0) is 59.4 Å². The average molecular weight is 904 g/mol. The number of aliphatic hydroxyl groups is 1. The highest BCUT2D eigenvalue weighted by molar-refractivity contribution is 5.97. The summed E-state index contributed by atoms with van der Waals surface area (Å²) in [4.78, 5) is 72.1. The van der Waals surface area contributed by atoms with Gasteiger partial charge in [0.15, 0.2) is 5.60 Å². The van der Waals surface area contributed by atoms with Crippen LogP contribution in [0.3, 0.4) is 0 Å². The summed E-state index contributed by atoms with van der Waals surface area (Å²) >= 11 is 0. The number of cyclic esters (lactones) is 1. The zero-order valence-corrected chi connectivity index (χ0v) is 39.3. The van der Waals surface area contributed by atoms with Crippen molar-refractivity contribution in [1.29, 1.82) is 0 Å². The number of amides is 4. The SMILES string of the molecule is C=CC(=O)N1CC[C@](O)(C(=O)N(C)[C@H](C(=O)N[C@H]2Cc3cc(N)cc(c3)-c3ccc4c(c3)c(c(-c3ccccc3COC)n4CC)CC(C)(C)COC(=O)[C@@H]3CCCN(N3)C2=O)C(C)C)C1. The van der Waals surface area contributed by atoms with Gasteiger partial charge in [-0.15, -0.1) is 0 Å². The van der Waals surface area contributed by atoms with Crippen LogP contribution < -0.4 is 16.5 Å². The Balaban J connectivity index is 1.31. The molecule has 6 bridgehead atoms. The monoisotopic (exact) mass is 903 g/mol. The van der Waals surface area contributed by atoms with Crippen molar-refractivity contribution in [1.82, 2.24) is 30.1 Å². The maximum Gasteiger partial charge on any atom is 0.324 e. The maximum absolute atomic E-state index is 14.7. The van der Waals surface area contributed by atoms with Crippen LogP contribution in [0.25, 0.3) is 33.3 Å². The summed E-state index contributed by atoms with van der Waals surface area (Å²) in [5.41, 5.74) is 15.6. The Morgan fingerprint density at radius 3 is 2.56 bits per heavy atom. The maximum atomic E-state index is 14.7. The molecule has 0 radical (unpaired) electrons. The number of benzene rings is 3. The van der Waals surface area contributed by atoms with Gasteiger partial charge in [0.25, 0.3) is 11.8 Å². The minimum absolute atomic E-state index is 0.00895. The number of carbonyl (C=O) groups excluding carboxylic acids is 5. The molecule has 1 aromatic heterocycles. The van der Waals surface area contributed by atoms with Crippen molar-refractivity contribution in [3.63, 3.8) is 0 Å². The van der Waals surface area contributed by atoms with E-state index in [-0.39, 0.29) is 39.1 Å². The van der Waals surface area contributed by atoms with Gasteiger partial charge < -0.3 is 40.0 Å². The Kier molecular flexibility index (Phi) is 14.1. The molecule has 2 saturated heterocycles. The summed E-state index contributed by atoms with van der Waals surface area (Å²) in [5, 5.41) is 16.9. The summed E-state index contributed by atoms with van der Waals surface area (Å²) in [6.45, 7) is 14.8. The number of fused-ring (bicyclic) bond motifs is 6. The van der Waals surface area contributed by atoms with Gasteiger partial charge in [0.2, 0.25) is 11.8 Å². The Bertz CT molecular complexity index is 2530. The number of anilines is 1. The number of aromatic nitrogens is 1. The molecule has 3 aliphatic rings. The molecule has 66 heavy (non-hydrogen) atoms. The van der Waals surface area contributed by atoms with Gasteiger partial charge in [-0.3, -0.25) is 29.0 Å². The number of hydrogen-bond acceptors (Lipinski definition) is 10. The predicted molar refractivity (Wildman–Crippen MR) is 253 cm³/mol. The molecule has 352 valence electrons. The van der Waals surface area contributed by atoms with Gasteiger partial charge in [0, 0.05) is 74.2 Å². The van der Waals surface area contributed by atoms with Gasteiger partial charge in [-0.25, -0.2) is 5.43 Å². The molecule has 4 atom stereocenters. The smallest absolute Gasteiger partial charge is 0.324 e. The van der Waals surface area contributed by atoms with Crippen molar-refractivity contribution >= 4 is 46.2 Å². The first-order valence-electron chi connectivity index (χ1n) is 23.0.